The minimum atomic E-state index is 0.721. The molecule has 1 heteroatoms. The van der Waals surface area contributed by atoms with E-state index in [1.807, 2.05) is 6.07 Å². The predicted octanol–water partition coefficient (Wildman–Crippen LogP) is 4.95. The number of rotatable bonds is 5. The molecule has 0 fully saturated rings. The van der Waals surface area contributed by atoms with Crippen LogP contribution in [0, 0.1) is 5.92 Å². The first-order chi connectivity index (χ1) is 9.20. The van der Waals surface area contributed by atoms with Crippen molar-refractivity contribution in [3.8, 4) is 16.9 Å². The van der Waals surface area contributed by atoms with Crippen LogP contribution >= 0.6 is 0 Å². The van der Waals surface area contributed by atoms with E-state index in [1.165, 1.54) is 23.1 Å². The number of methoxy groups -OCH3 is 1. The van der Waals surface area contributed by atoms with E-state index in [0.717, 1.165) is 18.1 Å². The monoisotopic (exact) mass is 254 g/mol. The number of benzene rings is 2. The average Bonchev–Trinajstić information content (AvgIpc) is 2.45. The molecule has 0 bridgehead atoms. The van der Waals surface area contributed by atoms with Crippen LogP contribution in [0.2, 0.25) is 0 Å². The van der Waals surface area contributed by atoms with Gasteiger partial charge in [-0.25, -0.2) is 0 Å². The molecule has 0 aliphatic carbocycles. The van der Waals surface area contributed by atoms with E-state index in [9.17, 15) is 0 Å². The molecule has 2 rings (SSSR count). The lowest BCUT2D eigenvalue weighted by molar-refractivity contribution is 0.408. The van der Waals surface area contributed by atoms with Gasteiger partial charge in [0.15, 0.2) is 0 Å². The van der Waals surface area contributed by atoms with Gasteiger partial charge in [-0.3, -0.25) is 0 Å². The van der Waals surface area contributed by atoms with E-state index in [1.54, 1.807) is 7.11 Å². The summed E-state index contributed by atoms with van der Waals surface area (Å²) in [6, 6.07) is 17.0. The van der Waals surface area contributed by atoms with Crippen molar-refractivity contribution in [3.63, 3.8) is 0 Å². The van der Waals surface area contributed by atoms with Crippen LogP contribution in [-0.4, -0.2) is 7.11 Å². The Morgan fingerprint density at radius 3 is 2.32 bits per heavy atom. The minimum absolute atomic E-state index is 0.721. The van der Waals surface area contributed by atoms with Crippen LogP contribution in [0.1, 0.15) is 25.8 Å². The fourth-order valence-corrected chi connectivity index (χ4v) is 2.21. The maximum atomic E-state index is 5.54. The van der Waals surface area contributed by atoms with Crippen molar-refractivity contribution in [1.29, 1.82) is 0 Å². The zero-order valence-corrected chi connectivity index (χ0v) is 12.0. The normalized spacial score (nSPS) is 10.7. The molecule has 2 aromatic carbocycles. The highest BCUT2D eigenvalue weighted by atomic mass is 16.5. The van der Waals surface area contributed by atoms with Gasteiger partial charge in [0.1, 0.15) is 5.75 Å². The van der Waals surface area contributed by atoms with Gasteiger partial charge in [0, 0.05) is 0 Å². The molecule has 0 spiro atoms. The van der Waals surface area contributed by atoms with Gasteiger partial charge < -0.3 is 4.74 Å². The van der Waals surface area contributed by atoms with Crippen LogP contribution in [0.25, 0.3) is 11.1 Å². The molecular weight excluding hydrogens is 232 g/mol. The molecule has 0 aromatic heterocycles. The van der Waals surface area contributed by atoms with Gasteiger partial charge in [-0.1, -0.05) is 56.3 Å². The van der Waals surface area contributed by atoms with Crippen molar-refractivity contribution in [2.45, 2.75) is 26.7 Å². The summed E-state index contributed by atoms with van der Waals surface area (Å²) >= 11 is 0. The lowest BCUT2D eigenvalue weighted by Crippen LogP contribution is -1.96. The molecule has 0 heterocycles. The third-order valence-corrected chi connectivity index (χ3v) is 3.39. The molecular formula is C18H22O. The molecule has 0 atom stereocenters. The van der Waals surface area contributed by atoms with Crippen molar-refractivity contribution in [2.75, 3.05) is 7.11 Å². The van der Waals surface area contributed by atoms with Crippen LogP contribution < -0.4 is 4.74 Å². The Balaban J connectivity index is 2.26. The molecule has 0 saturated heterocycles. The Bertz CT molecular complexity index is 514. The van der Waals surface area contributed by atoms with Gasteiger partial charge in [0.2, 0.25) is 0 Å². The van der Waals surface area contributed by atoms with E-state index < -0.39 is 0 Å². The molecule has 0 aliphatic heterocycles. The van der Waals surface area contributed by atoms with Crippen molar-refractivity contribution < 1.29 is 4.74 Å². The Labute approximate surface area is 116 Å². The first-order valence-corrected chi connectivity index (χ1v) is 6.93. The Morgan fingerprint density at radius 2 is 1.68 bits per heavy atom. The van der Waals surface area contributed by atoms with Crippen molar-refractivity contribution in [3.05, 3.63) is 54.1 Å². The summed E-state index contributed by atoms with van der Waals surface area (Å²) in [6.45, 7) is 4.51. The van der Waals surface area contributed by atoms with E-state index >= 15 is 0 Å². The summed E-state index contributed by atoms with van der Waals surface area (Å²) in [5.41, 5.74) is 3.75. The second kappa shape index (κ2) is 6.42. The highest BCUT2D eigenvalue weighted by Gasteiger charge is 2.06. The minimum Gasteiger partial charge on any atom is -0.496 e. The van der Waals surface area contributed by atoms with Crippen LogP contribution in [0.3, 0.4) is 0 Å². The van der Waals surface area contributed by atoms with Crippen LogP contribution in [0.15, 0.2) is 48.5 Å². The quantitative estimate of drug-likeness (QED) is 0.733. The van der Waals surface area contributed by atoms with Gasteiger partial charge in [-0.15, -0.1) is 0 Å². The maximum absolute atomic E-state index is 5.54. The summed E-state index contributed by atoms with van der Waals surface area (Å²) in [5, 5.41) is 0. The maximum Gasteiger partial charge on any atom is 0.122 e. The highest BCUT2D eigenvalue weighted by molar-refractivity contribution is 5.66. The third-order valence-electron chi connectivity index (χ3n) is 3.39. The zero-order chi connectivity index (χ0) is 13.7. The molecule has 0 N–H and O–H groups in total. The molecule has 0 saturated carbocycles. The molecule has 0 radical (unpaired) electrons. The number of hydrogen-bond acceptors (Lipinski definition) is 1. The smallest absolute Gasteiger partial charge is 0.122 e. The Morgan fingerprint density at radius 1 is 0.947 bits per heavy atom. The summed E-state index contributed by atoms with van der Waals surface area (Å²) in [6.07, 6.45) is 2.27. The Kier molecular flexibility index (Phi) is 4.62. The second-order valence-corrected chi connectivity index (χ2v) is 5.33. The molecule has 2 aromatic rings. The molecule has 0 unspecified atom stereocenters. The molecule has 1 nitrogen and oxygen atoms in total. The van der Waals surface area contributed by atoms with Crippen molar-refractivity contribution in [1.82, 2.24) is 0 Å². The van der Waals surface area contributed by atoms with Crippen LogP contribution in [0.5, 0.6) is 5.75 Å². The average molecular weight is 254 g/mol. The topological polar surface area (TPSA) is 9.23 Å². The molecule has 100 valence electrons. The standard InChI is InChI=1S/C18H22O/c1-14(2)9-10-16-11-12-17(13-18(16)19-3)15-7-5-4-6-8-15/h4-8,11-14H,9-10H2,1-3H3. The lowest BCUT2D eigenvalue weighted by Gasteiger charge is -2.12. The van der Waals surface area contributed by atoms with E-state index in [4.69, 9.17) is 4.74 Å². The highest BCUT2D eigenvalue weighted by Crippen LogP contribution is 2.28. The van der Waals surface area contributed by atoms with Crippen LogP contribution in [0.4, 0.5) is 0 Å². The second-order valence-electron chi connectivity index (χ2n) is 5.33. The molecule has 19 heavy (non-hydrogen) atoms. The van der Waals surface area contributed by atoms with Gasteiger partial charge in [0.05, 0.1) is 7.11 Å². The summed E-state index contributed by atoms with van der Waals surface area (Å²) in [4.78, 5) is 0. The Hall–Kier alpha value is -1.76. The fraction of sp³-hybridized carbons (Fsp3) is 0.333. The third kappa shape index (κ3) is 3.60. The fourth-order valence-electron chi connectivity index (χ4n) is 2.21. The number of aryl methyl sites for hydroxylation is 1. The first-order valence-electron chi connectivity index (χ1n) is 6.93. The van der Waals surface area contributed by atoms with Crippen LogP contribution in [-0.2, 0) is 6.42 Å². The molecule has 0 aliphatic rings. The molecule has 0 amide bonds. The summed E-state index contributed by atoms with van der Waals surface area (Å²) in [5.74, 6) is 1.72. The van der Waals surface area contributed by atoms with E-state index in [0.29, 0.717) is 0 Å². The first kappa shape index (κ1) is 13.7. The van der Waals surface area contributed by atoms with E-state index in [-0.39, 0.29) is 0 Å². The SMILES string of the molecule is COc1cc(-c2ccccc2)ccc1CCC(C)C. The largest absolute Gasteiger partial charge is 0.496 e. The lowest BCUT2D eigenvalue weighted by atomic mass is 9.98. The van der Waals surface area contributed by atoms with Gasteiger partial charge in [-0.2, -0.15) is 0 Å². The van der Waals surface area contributed by atoms with Gasteiger partial charge in [-0.05, 0) is 41.5 Å². The predicted molar refractivity (Wildman–Crippen MR) is 81.6 cm³/mol. The van der Waals surface area contributed by atoms with Crippen molar-refractivity contribution in [2.24, 2.45) is 5.92 Å². The summed E-state index contributed by atoms with van der Waals surface area (Å²) < 4.78 is 5.54. The van der Waals surface area contributed by atoms with Crippen molar-refractivity contribution >= 4 is 0 Å². The zero-order valence-electron chi connectivity index (χ0n) is 12.0. The summed E-state index contributed by atoms with van der Waals surface area (Å²) in [7, 11) is 1.75. The van der Waals surface area contributed by atoms with Gasteiger partial charge >= 0.3 is 0 Å². The number of hydrogen-bond donors (Lipinski definition) is 0. The van der Waals surface area contributed by atoms with E-state index in [2.05, 4.69) is 56.3 Å². The number of ether oxygens (including phenoxy) is 1. The van der Waals surface area contributed by atoms with Gasteiger partial charge in [0.25, 0.3) is 0 Å².